The molecule has 2 N–H and O–H groups in total. The smallest absolute Gasteiger partial charge is 0.233 e. The minimum Gasteiger partial charge on any atom is -0.494 e. The van der Waals surface area contributed by atoms with Crippen molar-refractivity contribution < 1.29 is 14.3 Å². The molecule has 1 saturated heterocycles. The number of guanidine groups is 1. The van der Waals surface area contributed by atoms with Gasteiger partial charge >= 0.3 is 0 Å². The van der Waals surface area contributed by atoms with Crippen molar-refractivity contribution in [1.29, 1.82) is 0 Å². The molecule has 2 fully saturated rings. The van der Waals surface area contributed by atoms with Crippen LogP contribution in [0.4, 0.5) is 0 Å². The zero-order valence-electron chi connectivity index (χ0n) is 18.3. The fourth-order valence-electron chi connectivity index (χ4n) is 4.95. The number of unbranched alkanes of at least 4 members (excludes halogenated alkanes) is 1. The van der Waals surface area contributed by atoms with Crippen LogP contribution in [0.3, 0.4) is 0 Å². The van der Waals surface area contributed by atoms with Crippen LogP contribution in [0, 0.1) is 30.6 Å². The number of nitrogens with zero attached hydrogens (tertiary/aromatic N) is 2. The van der Waals surface area contributed by atoms with E-state index in [4.69, 9.17) is 4.74 Å². The van der Waals surface area contributed by atoms with Crippen molar-refractivity contribution in [3.63, 3.8) is 0 Å². The highest BCUT2D eigenvalue weighted by Gasteiger charge is 2.58. The second-order valence-corrected chi connectivity index (χ2v) is 8.62. The van der Waals surface area contributed by atoms with Crippen molar-refractivity contribution in [3.05, 3.63) is 42.0 Å². The number of amides is 2. The van der Waals surface area contributed by atoms with E-state index in [2.05, 4.69) is 34.7 Å². The number of likely N-dealkylation sites (tertiary alicyclic amines) is 1. The molecule has 2 aliphatic carbocycles. The summed E-state index contributed by atoms with van der Waals surface area (Å²) in [6.45, 7) is 4.39. The first kappa shape index (κ1) is 21.4. The van der Waals surface area contributed by atoms with E-state index < -0.39 is 0 Å². The molecule has 4 atom stereocenters. The molecule has 3 aliphatic rings. The summed E-state index contributed by atoms with van der Waals surface area (Å²) in [6.07, 6.45) is 7.10. The summed E-state index contributed by atoms with van der Waals surface area (Å²) in [7, 11) is 1.72. The van der Waals surface area contributed by atoms with Gasteiger partial charge in [0.25, 0.3) is 0 Å². The summed E-state index contributed by atoms with van der Waals surface area (Å²) in [5.41, 5.74) is 1.22. The van der Waals surface area contributed by atoms with Crippen molar-refractivity contribution in [2.75, 3.05) is 33.3 Å². The first-order valence-electron chi connectivity index (χ1n) is 11.3. The van der Waals surface area contributed by atoms with Crippen molar-refractivity contribution in [1.82, 2.24) is 15.5 Å². The number of carbonyl (C=O) groups excluding carboxylic acids is 2. The molecule has 2 bridgehead atoms. The minimum absolute atomic E-state index is 0.00479. The second-order valence-electron chi connectivity index (χ2n) is 8.62. The number of benzene rings is 1. The van der Waals surface area contributed by atoms with Gasteiger partial charge in [-0.3, -0.25) is 19.5 Å². The Kier molecular flexibility index (Phi) is 6.59. The molecule has 1 heterocycles. The zero-order chi connectivity index (χ0) is 21.8. The lowest BCUT2D eigenvalue weighted by Crippen LogP contribution is -2.43. The lowest BCUT2D eigenvalue weighted by atomic mass is 9.85. The van der Waals surface area contributed by atoms with Crippen LogP contribution in [-0.4, -0.2) is 56.0 Å². The van der Waals surface area contributed by atoms with Crippen molar-refractivity contribution in [2.24, 2.45) is 28.7 Å². The zero-order valence-corrected chi connectivity index (χ0v) is 18.3. The Hall–Kier alpha value is -2.83. The number of aliphatic imine (C=N–C) groups is 1. The highest BCUT2D eigenvalue weighted by atomic mass is 16.5. The molecular weight excluding hydrogens is 392 g/mol. The Labute approximate surface area is 183 Å². The maximum atomic E-state index is 12.7. The normalized spacial score (nSPS) is 26.5. The molecule has 4 unspecified atom stereocenters. The molecule has 166 valence electrons. The molecule has 31 heavy (non-hydrogen) atoms. The molecule has 7 heteroatoms. The van der Waals surface area contributed by atoms with Crippen LogP contribution in [0.25, 0.3) is 0 Å². The number of ether oxygens (including phenoxy) is 1. The number of aryl methyl sites for hydroxylation is 1. The molecule has 1 aromatic carbocycles. The number of rotatable bonds is 9. The molecule has 2 amide bonds. The van der Waals surface area contributed by atoms with Gasteiger partial charge in [0.05, 0.1) is 18.4 Å². The predicted octanol–water partition coefficient (Wildman–Crippen LogP) is 2.13. The number of carbonyl (C=O) groups is 2. The number of allylic oxidation sites excluding steroid dienone is 2. The number of hydrogen-bond donors (Lipinski definition) is 2. The topological polar surface area (TPSA) is 83.0 Å². The summed E-state index contributed by atoms with van der Waals surface area (Å²) in [5.74, 6) is 1.86. The van der Waals surface area contributed by atoms with Crippen LogP contribution >= 0.6 is 0 Å². The average Bonchev–Trinajstić information content (AvgIpc) is 3.45. The average molecular weight is 425 g/mol. The summed E-state index contributed by atoms with van der Waals surface area (Å²) in [5, 5.41) is 6.48. The van der Waals surface area contributed by atoms with E-state index in [9.17, 15) is 9.59 Å². The van der Waals surface area contributed by atoms with Gasteiger partial charge < -0.3 is 15.4 Å². The third kappa shape index (κ3) is 4.60. The summed E-state index contributed by atoms with van der Waals surface area (Å²) in [4.78, 5) is 31.1. The van der Waals surface area contributed by atoms with E-state index in [-0.39, 0.29) is 35.5 Å². The molecule has 1 saturated carbocycles. The second kappa shape index (κ2) is 9.54. The Morgan fingerprint density at radius 1 is 1.03 bits per heavy atom. The highest BCUT2D eigenvalue weighted by Crippen LogP contribution is 2.52. The van der Waals surface area contributed by atoms with Gasteiger partial charge in [-0.2, -0.15) is 0 Å². The van der Waals surface area contributed by atoms with Crippen LogP contribution < -0.4 is 15.4 Å². The first-order valence-corrected chi connectivity index (χ1v) is 11.3. The molecule has 4 rings (SSSR count). The highest BCUT2D eigenvalue weighted by molar-refractivity contribution is 6.06. The minimum atomic E-state index is -0.123. The maximum absolute atomic E-state index is 12.7. The van der Waals surface area contributed by atoms with Gasteiger partial charge in [-0.15, -0.1) is 0 Å². The van der Waals surface area contributed by atoms with Crippen molar-refractivity contribution >= 4 is 17.8 Å². The molecule has 0 aromatic heterocycles. The van der Waals surface area contributed by atoms with Gasteiger partial charge in [-0.05, 0) is 50.2 Å². The Bertz CT molecular complexity index is 834. The van der Waals surface area contributed by atoms with Crippen LogP contribution in [0.2, 0.25) is 0 Å². The van der Waals surface area contributed by atoms with E-state index in [0.29, 0.717) is 25.7 Å². The first-order chi connectivity index (χ1) is 15.1. The van der Waals surface area contributed by atoms with Crippen LogP contribution in [-0.2, 0) is 9.59 Å². The third-order valence-electron chi connectivity index (χ3n) is 6.57. The Morgan fingerprint density at radius 2 is 1.68 bits per heavy atom. The van der Waals surface area contributed by atoms with E-state index in [1.165, 1.54) is 10.5 Å². The van der Waals surface area contributed by atoms with Crippen LogP contribution in [0.5, 0.6) is 5.75 Å². The summed E-state index contributed by atoms with van der Waals surface area (Å²) >= 11 is 0. The maximum Gasteiger partial charge on any atom is 0.233 e. The lowest BCUT2D eigenvalue weighted by Gasteiger charge is -2.18. The Morgan fingerprint density at radius 3 is 2.32 bits per heavy atom. The van der Waals surface area contributed by atoms with Crippen LogP contribution in [0.15, 0.2) is 41.4 Å². The van der Waals surface area contributed by atoms with E-state index >= 15 is 0 Å². The number of nitrogens with one attached hydrogen (secondary N) is 2. The molecule has 1 aromatic rings. The van der Waals surface area contributed by atoms with E-state index in [1.807, 2.05) is 24.3 Å². The van der Waals surface area contributed by atoms with Gasteiger partial charge in [0, 0.05) is 26.7 Å². The van der Waals surface area contributed by atoms with Gasteiger partial charge in [0.2, 0.25) is 11.8 Å². The van der Waals surface area contributed by atoms with Gasteiger partial charge in [-0.25, -0.2) is 0 Å². The molecule has 1 aliphatic heterocycles. The predicted molar refractivity (Wildman–Crippen MR) is 120 cm³/mol. The summed E-state index contributed by atoms with van der Waals surface area (Å²) in [6, 6.07) is 8.07. The standard InChI is InChI=1S/C24H32N4O3/c1-16-5-9-19(10-6-16)31-14-4-3-11-26-24(25-2)27-12-13-28-22(29)20-17-7-8-18(15-17)21(20)23(28)30/h5-10,17-18,20-21H,3-4,11-15H2,1-2H3,(H2,25,26,27). The number of hydrogen-bond acceptors (Lipinski definition) is 4. The molecular formula is C24H32N4O3. The Balaban J connectivity index is 1.11. The van der Waals surface area contributed by atoms with E-state index in [0.717, 1.165) is 31.6 Å². The largest absolute Gasteiger partial charge is 0.494 e. The molecule has 0 spiro atoms. The molecule has 0 radical (unpaired) electrons. The lowest BCUT2D eigenvalue weighted by molar-refractivity contribution is -0.140. The quantitative estimate of drug-likeness (QED) is 0.209. The van der Waals surface area contributed by atoms with E-state index in [1.54, 1.807) is 7.05 Å². The summed E-state index contributed by atoms with van der Waals surface area (Å²) < 4.78 is 5.74. The molecule has 7 nitrogen and oxygen atoms in total. The monoisotopic (exact) mass is 424 g/mol. The fourth-order valence-corrected chi connectivity index (χ4v) is 4.95. The van der Waals surface area contributed by atoms with Crippen LogP contribution in [0.1, 0.15) is 24.8 Å². The number of fused-ring (bicyclic) bond motifs is 5. The van der Waals surface area contributed by atoms with Crippen molar-refractivity contribution in [3.8, 4) is 5.75 Å². The van der Waals surface area contributed by atoms with Gasteiger partial charge in [-0.1, -0.05) is 29.8 Å². The van der Waals surface area contributed by atoms with Gasteiger partial charge in [0.15, 0.2) is 5.96 Å². The fraction of sp³-hybridized carbons (Fsp3) is 0.542. The van der Waals surface area contributed by atoms with Gasteiger partial charge in [0.1, 0.15) is 5.75 Å². The third-order valence-corrected chi connectivity index (χ3v) is 6.57. The van der Waals surface area contributed by atoms with Crippen molar-refractivity contribution in [2.45, 2.75) is 26.2 Å². The SMILES string of the molecule is CN=C(NCCCCOc1ccc(C)cc1)NCCN1C(=O)C2C3C=CC(C3)C2C1=O. The number of imide groups is 1.